The standard InChI is InChI=1S/C15H26BrN3OS/c1-5-12(17)15(13-8-11(16)10-21-13)18(4)9-14(20)19(6-2)7-3/h8,10,12,15H,5-7,9,17H2,1-4H3. The fraction of sp³-hybridized carbons (Fsp3) is 0.667. The molecule has 6 heteroatoms. The molecule has 1 amide bonds. The maximum Gasteiger partial charge on any atom is 0.236 e. The molecule has 2 unspecified atom stereocenters. The molecule has 0 spiro atoms. The van der Waals surface area contributed by atoms with Crippen molar-refractivity contribution in [2.75, 3.05) is 26.7 Å². The smallest absolute Gasteiger partial charge is 0.236 e. The first-order valence-corrected chi connectivity index (χ1v) is 9.09. The number of hydrogen-bond donors (Lipinski definition) is 1. The average Bonchev–Trinajstić information content (AvgIpc) is 2.86. The molecule has 1 rings (SSSR count). The molecule has 0 saturated carbocycles. The molecule has 1 aromatic heterocycles. The molecule has 120 valence electrons. The van der Waals surface area contributed by atoms with Crippen LogP contribution in [0.1, 0.15) is 38.1 Å². The molecule has 0 aliphatic carbocycles. The van der Waals surface area contributed by atoms with Gasteiger partial charge in [0.15, 0.2) is 0 Å². The van der Waals surface area contributed by atoms with Crippen LogP contribution in [0.2, 0.25) is 0 Å². The highest BCUT2D eigenvalue weighted by atomic mass is 79.9. The minimum Gasteiger partial charge on any atom is -0.342 e. The molecule has 0 aliphatic rings. The van der Waals surface area contributed by atoms with Crippen molar-refractivity contribution in [2.24, 2.45) is 5.73 Å². The number of rotatable bonds is 8. The Kier molecular flexibility index (Phi) is 7.87. The zero-order valence-electron chi connectivity index (χ0n) is 13.3. The molecule has 2 N–H and O–H groups in total. The highest BCUT2D eigenvalue weighted by Crippen LogP contribution is 2.31. The summed E-state index contributed by atoms with van der Waals surface area (Å²) in [6.45, 7) is 7.99. The molecule has 1 heterocycles. The predicted octanol–water partition coefficient (Wildman–Crippen LogP) is 3.09. The Morgan fingerprint density at radius 1 is 1.38 bits per heavy atom. The lowest BCUT2D eigenvalue weighted by Crippen LogP contribution is -2.44. The highest BCUT2D eigenvalue weighted by molar-refractivity contribution is 9.10. The van der Waals surface area contributed by atoms with Crippen LogP contribution in [0.5, 0.6) is 0 Å². The number of carbonyl (C=O) groups excluding carboxylic acids is 1. The maximum absolute atomic E-state index is 12.3. The van der Waals surface area contributed by atoms with Crippen molar-refractivity contribution < 1.29 is 4.79 Å². The summed E-state index contributed by atoms with van der Waals surface area (Å²) in [6.07, 6.45) is 0.879. The predicted molar refractivity (Wildman–Crippen MR) is 93.6 cm³/mol. The number of nitrogens with two attached hydrogens (primary N) is 1. The van der Waals surface area contributed by atoms with Gasteiger partial charge in [0.2, 0.25) is 5.91 Å². The van der Waals surface area contributed by atoms with Crippen LogP contribution in [0.15, 0.2) is 15.9 Å². The number of likely N-dealkylation sites (N-methyl/N-ethyl adjacent to an activating group) is 2. The van der Waals surface area contributed by atoms with Gasteiger partial charge < -0.3 is 10.6 Å². The van der Waals surface area contributed by atoms with Crippen molar-refractivity contribution in [1.29, 1.82) is 0 Å². The summed E-state index contributed by atoms with van der Waals surface area (Å²) in [6, 6.07) is 2.19. The number of hydrogen-bond acceptors (Lipinski definition) is 4. The molecule has 0 fully saturated rings. The minimum atomic E-state index is 0.0186. The van der Waals surface area contributed by atoms with Crippen LogP contribution in [0.3, 0.4) is 0 Å². The second-order valence-corrected chi connectivity index (χ2v) is 7.02. The van der Waals surface area contributed by atoms with Gasteiger partial charge in [-0.05, 0) is 49.3 Å². The van der Waals surface area contributed by atoms with E-state index in [1.807, 2.05) is 25.8 Å². The molecular weight excluding hydrogens is 350 g/mol. The molecule has 21 heavy (non-hydrogen) atoms. The lowest BCUT2D eigenvalue weighted by Gasteiger charge is -2.32. The van der Waals surface area contributed by atoms with Crippen LogP contribution in [0, 0.1) is 0 Å². The fourth-order valence-corrected chi connectivity index (χ4v) is 4.13. The SMILES string of the molecule is CCC(N)C(c1cc(Br)cs1)N(C)CC(=O)N(CC)CC. The summed E-state index contributed by atoms with van der Waals surface area (Å²) >= 11 is 5.18. The van der Waals surface area contributed by atoms with Crippen molar-refractivity contribution >= 4 is 33.2 Å². The van der Waals surface area contributed by atoms with E-state index in [1.54, 1.807) is 11.3 Å². The molecule has 0 saturated heterocycles. The van der Waals surface area contributed by atoms with Crippen LogP contribution in [-0.4, -0.2) is 48.4 Å². The first-order chi connectivity index (χ1) is 9.94. The number of nitrogens with zero attached hydrogens (tertiary/aromatic N) is 2. The quantitative estimate of drug-likeness (QED) is 0.759. The Morgan fingerprint density at radius 3 is 2.43 bits per heavy atom. The largest absolute Gasteiger partial charge is 0.342 e. The molecule has 0 aliphatic heterocycles. The van der Waals surface area contributed by atoms with Crippen LogP contribution in [0.4, 0.5) is 0 Å². The summed E-state index contributed by atoms with van der Waals surface area (Å²) in [5.74, 6) is 0.159. The van der Waals surface area contributed by atoms with E-state index in [0.29, 0.717) is 6.54 Å². The summed E-state index contributed by atoms with van der Waals surface area (Å²) in [5.41, 5.74) is 6.30. The molecule has 0 bridgehead atoms. The summed E-state index contributed by atoms with van der Waals surface area (Å²) in [4.78, 5) is 17.4. The zero-order chi connectivity index (χ0) is 16.0. The van der Waals surface area contributed by atoms with E-state index in [2.05, 4.69) is 39.2 Å². The van der Waals surface area contributed by atoms with Crippen LogP contribution < -0.4 is 5.73 Å². The van der Waals surface area contributed by atoms with Gasteiger partial charge in [0.05, 0.1) is 12.6 Å². The Balaban J connectivity index is 2.86. The van der Waals surface area contributed by atoms with Gasteiger partial charge in [-0.2, -0.15) is 0 Å². The van der Waals surface area contributed by atoms with Gasteiger partial charge in [0, 0.05) is 33.9 Å². The number of halogens is 1. The van der Waals surface area contributed by atoms with E-state index >= 15 is 0 Å². The molecule has 0 aromatic carbocycles. The van der Waals surface area contributed by atoms with E-state index in [1.165, 1.54) is 4.88 Å². The number of thiophene rings is 1. The first kappa shape index (κ1) is 18.6. The number of carbonyl (C=O) groups is 1. The van der Waals surface area contributed by atoms with Crippen molar-refractivity contribution in [1.82, 2.24) is 9.80 Å². The summed E-state index contributed by atoms with van der Waals surface area (Å²) in [5, 5.41) is 2.06. The van der Waals surface area contributed by atoms with Crippen molar-refractivity contribution in [3.63, 3.8) is 0 Å². The van der Waals surface area contributed by atoms with Crippen LogP contribution in [0.25, 0.3) is 0 Å². The van der Waals surface area contributed by atoms with E-state index in [4.69, 9.17) is 5.73 Å². The van der Waals surface area contributed by atoms with Gasteiger partial charge in [-0.1, -0.05) is 6.92 Å². The van der Waals surface area contributed by atoms with Gasteiger partial charge in [-0.25, -0.2) is 0 Å². The van der Waals surface area contributed by atoms with Crippen LogP contribution in [-0.2, 0) is 4.79 Å². The molecular formula is C15H26BrN3OS. The summed E-state index contributed by atoms with van der Waals surface area (Å²) in [7, 11) is 1.98. The third-order valence-electron chi connectivity index (χ3n) is 3.73. The van der Waals surface area contributed by atoms with E-state index < -0.39 is 0 Å². The van der Waals surface area contributed by atoms with Gasteiger partial charge in [0.25, 0.3) is 0 Å². The minimum absolute atomic E-state index is 0.0186. The van der Waals surface area contributed by atoms with Gasteiger partial charge in [0.1, 0.15) is 0 Å². The zero-order valence-corrected chi connectivity index (χ0v) is 15.7. The van der Waals surface area contributed by atoms with Crippen LogP contribution >= 0.6 is 27.3 Å². The third-order valence-corrected chi connectivity index (χ3v) is 5.50. The molecule has 0 radical (unpaired) electrons. The normalized spacial score (nSPS) is 14.2. The Morgan fingerprint density at radius 2 is 2.00 bits per heavy atom. The molecule has 4 nitrogen and oxygen atoms in total. The second kappa shape index (κ2) is 8.88. The molecule has 1 aromatic rings. The van der Waals surface area contributed by atoms with Gasteiger partial charge in [-0.15, -0.1) is 11.3 Å². The topological polar surface area (TPSA) is 49.6 Å². The summed E-state index contributed by atoms with van der Waals surface area (Å²) < 4.78 is 1.07. The van der Waals surface area contributed by atoms with Crippen molar-refractivity contribution in [2.45, 2.75) is 39.3 Å². The Labute approximate surface area is 140 Å². The monoisotopic (exact) mass is 375 g/mol. The van der Waals surface area contributed by atoms with E-state index in [9.17, 15) is 4.79 Å². The Hall–Kier alpha value is -0.430. The average molecular weight is 376 g/mol. The molecule has 2 atom stereocenters. The van der Waals surface area contributed by atoms with E-state index in [0.717, 1.165) is 24.0 Å². The van der Waals surface area contributed by atoms with Crippen molar-refractivity contribution in [3.8, 4) is 0 Å². The lowest BCUT2D eigenvalue weighted by atomic mass is 10.0. The third kappa shape index (κ3) is 5.06. The van der Waals surface area contributed by atoms with E-state index in [-0.39, 0.29) is 18.0 Å². The van der Waals surface area contributed by atoms with Crippen molar-refractivity contribution in [3.05, 3.63) is 20.8 Å². The highest BCUT2D eigenvalue weighted by Gasteiger charge is 2.26. The fourth-order valence-electron chi connectivity index (χ4n) is 2.45. The van der Waals surface area contributed by atoms with Gasteiger partial charge in [-0.3, -0.25) is 9.69 Å². The lowest BCUT2D eigenvalue weighted by molar-refractivity contribution is -0.132. The number of amides is 1. The Bertz CT molecular complexity index is 448. The van der Waals surface area contributed by atoms with Gasteiger partial charge >= 0.3 is 0 Å². The maximum atomic E-state index is 12.3. The first-order valence-electron chi connectivity index (χ1n) is 7.42. The second-order valence-electron chi connectivity index (χ2n) is 5.17.